The third-order valence-electron chi connectivity index (χ3n) is 3.63. The number of hydrogen-bond acceptors (Lipinski definition) is 5. The molecule has 0 bridgehead atoms. The van der Waals surface area contributed by atoms with Crippen molar-refractivity contribution >= 4 is 10.9 Å². The van der Waals surface area contributed by atoms with Gasteiger partial charge in [-0.1, -0.05) is 0 Å². The zero-order valence-electron chi connectivity index (χ0n) is 14.7. The van der Waals surface area contributed by atoms with E-state index in [0.717, 1.165) is 30.5 Å². The highest BCUT2D eigenvalue weighted by molar-refractivity contribution is 5.77. The first-order valence-corrected chi connectivity index (χ1v) is 8.08. The molecule has 2 heterocycles. The second kappa shape index (κ2) is 7.72. The largest absolute Gasteiger partial charge is 0.484 e. The summed E-state index contributed by atoms with van der Waals surface area (Å²) in [5.74, 6) is -0.188. The van der Waals surface area contributed by atoms with Gasteiger partial charge >= 0.3 is 18.4 Å². The van der Waals surface area contributed by atoms with Crippen molar-refractivity contribution in [2.45, 2.75) is 12.4 Å². The molecular weight excluding hydrogens is 424 g/mol. The number of rotatable bonds is 5. The molecule has 0 aliphatic rings. The Hall–Kier alpha value is -3.51. The molecule has 160 valence electrons. The molecule has 3 aromatic rings. The van der Waals surface area contributed by atoms with E-state index < -0.39 is 48.2 Å². The number of ether oxygens (including phenoxy) is 2. The first-order chi connectivity index (χ1) is 13.9. The summed E-state index contributed by atoms with van der Waals surface area (Å²) in [6.45, 7) is -3.34. The Bertz CT molecular complexity index is 1170. The summed E-state index contributed by atoms with van der Waals surface area (Å²) in [4.78, 5) is 30.6. The highest BCUT2D eigenvalue weighted by atomic mass is 19.4. The van der Waals surface area contributed by atoms with Crippen molar-refractivity contribution < 1.29 is 35.8 Å². The number of halogens is 6. The smallest absolute Gasteiger partial charge is 0.422 e. The van der Waals surface area contributed by atoms with Gasteiger partial charge in [-0.25, -0.2) is 4.57 Å². The van der Waals surface area contributed by atoms with Gasteiger partial charge in [0.05, 0.1) is 11.1 Å². The van der Waals surface area contributed by atoms with E-state index in [-0.39, 0.29) is 16.8 Å². The Kier molecular flexibility index (Phi) is 5.46. The average molecular weight is 435 g/mol. The van der Waals surface area contributed by atoms with E-state index in [1.807, 2.05) is 0 Å². The van der Waals surface area contributed by atoms with E-state index in [1.54, 1.807) is 0 Å². The number of pyridine rings is 1. The lowest BCUT2D eigenvalue weighted by Crippen LogP contribution is -2.28. The van der Waals surface area contributed by atoms with Gasteiger partial charge in [-0.15, -0.1) is 0 Å². The Balaban J connectivity index is 2.08. The maximum atomic E-state index is 12.8. The first kappa shape index (κ1) is 21.2. The highest BCUT2D eigenvalue weighted by Gasteiger charge is 2.30. The van der Waals surface area contributed by atoms with Gasteiger partial charge in [-0.3, -0.25) is 9.59 Å². The van der Waals surface area contributed by atoms with Crippen LogP contribution < -0.4 is 20.6 Å². The summed E-state index contributed by atoms with van der Waals surface area (Å²) in [7, 11) is 0. The summed E-state index contributed by atoms with van der Waals surface area (Å²) >= 11 is 0. The van der Waals surface area contributed by atoms with Crippen LogP contribution in [-0.4, -0.2) is 40.1 Å². The Morgan fingerprint density at radius 1 is 0.900 bits per heavy atom. The standard InChI is InChI=1S/C17H11F6N3O4/c18-16(19,20)7-29-10-3-1-9(2-4-10)26-14(28)11-5-6-24-13(27)12(11)25-15(26)30-8-17(21,22)23/h1-6H,7-8H2,(H,24,27). The molecule has 0 saturated heterocycles. The molecule has 2 aromatic heterocycles. The molecule has 0 saturated carbocycles. The monoisotopic (exact) mass is 435 g/mol. The van der Waals surface area contributed by atoms with Crippen molar-refractivity contribution in [1.82, 2.24) is 14.5 Å². The lowest BCUT2D eigenvalue weighted by atomic mass is 10.2. The van der Waals surface area contributed by atoms with E-state index in [2.05, 4.69) is 19.4 Å². The normalized spacial score (nSPS) is 12.2. The lowest BCUT2D eigenvalue weighted by Gasteiger charge is -2.15. The predicted octanol–water partition coefficient (Wildman–Crippen LogP) is 2.96. The molecule has 1 N–H and O–H groups in total. The van der Waals surface area contributed by atoms with Crippen LogP contribution in [0.5, 0.6) is 11.8 Å². The quantitative estimate of drug-likeness (QED) is 0.623. The van der Waals surface area contributed by atoms with Gasteiger partial charge in [0.2, 0.25) is 0 Å². The molecule has 0 aliphatic carbocycles. The second-order valence-electron chi connectivity index (χ2n) is 5.91. The fourth-order valence-corrected chi connectivity index (χ4v) is 2.43. The van der Waals surface area contributed by atoms with Crippen LogP contribution in [0.25, 0.3) is 16.6 Å². The number of H-pyrrole nitrogens is 1. The fourth-order valence-electron chi connectivity index (χ4n) is 2.43. The van der Waals surface area contributed by atoms with Crippen molar-refractivity contribution in [1.29, 1.82) is 0 Å². The van der Waals surface area contributed by atoms with Gasteiger partial charge in [0.1, 0.15) is 11.3 Å². The molecule has 0 fully saturated rings. The fraction of sp³-hybridized carbons (Fsp3) is 0.235. The summed E-state index contributed by atoms with van der Waals surface area (Å²) in [6, 6.07) is 4.83. The van der Waals surface area contributed by atoms with Crippen molar-refractivity contribution in [3.63, 3.8) is 0 Å². The van der Waals surface area contributed by atoms with Crippen molar-refractivity contribution in [2.24, 2.45) is 0 Å². The summed E-state index contributed by atoms with van der Waals surface area (Å²) in [6.07, 6.45) is -8.16. The molecule has 0 aliphatic heterocycles. The van der Waals surface area contributed by atoms with Gasteiger partial charge in [0, 0.05) is 6.20 Å². The minimum absolute atomic E-state index is 0.0637. The lowest BCUT2D eigenvalue weighted by molar-refractivity contribution is -0.155. The van der Waals surface area contributed by atoms with Crippen LogP contribution in [0.15, 0.2) is 46.1 Å². The van der Waals surface area contributed by atoms with Crippen LogP contribution in [0.3, 0.4) is 0 Å². The highest BCUT2D eigenvalue weighted by Crippen LogP contribution is 2.23. The van der Waals surface area contributed by atoms with Crippen LogP contribution in [-0.2, 0) is 0 Å². The third-order valence-corrected chi connectivity index (χ3v) is 3.63. The summed E-state index contributed by atoms with van der Waals surface area (Å²) < 4.78 is 84.3. The predicted molar refractivity (Wildman–Crippen MR) is 91.1 cm³/mol. The number of benzene rings is 1. The number of nitrogens with one attached hydrogen (secondary N) is 1. The van der Waals surface area contributed by atoms with Gasteiger partial charge in [-0.2, -0.15) is 31.3 Å². The van der Waals surface area contributed by atoms with E-state index >= 15 is 0 Å². The second-order valence-corrected chi connectivity index (χ2v) is 5.91. The van der Waals surface area contributed by atoms with Gasteiger partial charge < -0.3 is 14.5 Å². The van der Waals surface area contributed by atoms with Crippen LogP contribution in [0.1, 0.15) is 0 Å². The minimum Gasteiger partial charge on any atom is -0.484 e. The topological polar surface area (TPSA) is 86.2 Å². The molecule has 0 spiro atoms. The van der Waals surface area contributed by atoms with E-state index in [4.69, 9.17) is 0 Å². The Morgan fingerprint density at radius 2 is 1.50 bits per heavy atom. The molecule has 0 unspecified atom stereocenters. The summed E-state index contributed by atoms with van der Waals surface area (Å²) in [5.41, 5.74) is -2.22. The van der Waals surface area contributed by atoms with Crippen LogP contribution in [0.2, 0.25) is 0 Å². The van der Waals surface area contributed by atoms with Crippen molar-refractivity contribution in [3.8, 4) is 17.4 Å². The number of aromatic amines is 1. The zero-order chi connectivity index (χ0) is 22.1. The van der Waals surface area contributed by atoms with Gasteiger partial charge in [-0.05, 0) is 30.3 Å². The molecular formula is C17H11F6N3O4. The third kappa shape index (κ3) is 4.90. The Labute approximate surface area is 162 Å². The van der Waals surface area contributed by atoms with Crippen molar-refractivity contribution in [3.05, 3.63) is 57.2 Å². The molecule has 3 rings (SSSR count). The van der Waals surface area contributed by atoms with E-state index in [0.29, 0.717) is 4.57 Å². The molecule has 0 amide bonds. The average Bonchev–Trinajstić information content (AvgIpc) is 2.65. The van der Waals surface area contributed by atoms with E-state index in [1.165, 1.54) is 6.07 Å². The van der Waals surface area contributed by atoms with E-state index in [9.17, 15) is 35.9 Å². The van der Waals surface area contributed by atoms with Crippen LogP contribution in [0, 0.1) is 0 Å². The van der Waals surface area contributed by atoms with Crippen LogP contribution in [0.4, 0.5) is 26.3 Å². The van der Waals surface area contributed by atoms with Gasteiger partial charge in [0.15, 0.2) is 13.2 Å². The van der Waals surface area contributed by atoms with Crippen molar-refractivity contribution in [2.75, 3.05) is 13.2 Å². The first-order valence-electron chi connectivity index (χ1n) is 8.08. The Morgan fingerprint density at radius 3 is 2.10 bits per heavy atom. The number of fused-ring (bicyclic) bond motifs is 1. The number of alkyl halides is 6. The number of nitrogens with zero attached hydrogens (tertiary/aromatic N) is 2. The molecule has 0 atom stereocenters. The molecule has 0 radical (unpaired) electrons. The van der Waals surface area contributed by atoms with Crippen LogP contribution >= 0.6 is 0 Å². The molecule has 7 nitrogen and oxygen atoms in total. The maximum absolute atomic E-state index is 12.8. The van der Waals surface area contributed by atoms with Gasteiger partial charge in [0.25, 0.3) is 11.1 Å². The summed E-state index contributed by atoms with van der Waals surface area (Å²) in [5, 5.41) is -0.199. The zero-order valence-corrected chi connectivity index (χ0v) is 14.7. The minimum atomic E-state index is -4.75. The maximum Gasteiger partial charge on any atom is 0.422 e. The molecule has 13 heteroatoms. The SMILES string of the molecule is O=c1[nH]ccc2c(=O)n(-c3ccc(OCC(F)(F)F)cc3)c(OCC(F)(F)F)nc12. The molecule has 30 heavy (non-hydrogen) atoms. The number of aromatic nitrogens is 3. The number of hydrogen-bond donors (Lipinski definition) is 1. The molecule has 1 aromatic carbocycles.